The molecule has 3 atom stereocenters. The van der Waals surface area contributed by atoms with Gasteiger partial charge in [0.2, 0.25) is 6.04 Å². The molecule has 0 aromatic rings. The summed E-state index contributed by atoms with van der Waals surface area (Å²) in [5, 5.41) is 13.4. The molecule has 2 rings (SSSR count). The lowest BCUT2D eigenvalue weighted by Gasteiger charge is -2.20. The minimum atomic E-state index is -0.587. The average Bonchev–Trinajstić information content (AvgIpc) is 2.61. The Morgan fingerprint density at radius 3 is 2.75 bits per heavy atom. The number of rotatable bonds is 2. The Morgan fingerprint density at radius 1 is 1.50 bits per heavy atom. The van der Waals surface area contributed by atoms with E-state index in [1.165, 1.54) is 0 Å². The molecular weight excluding hydrogens is 294 g/mol. The van der Waals surface area contributed by atoms with Crippen molar-refractivity contribution < 1.29 is 14.2 Å². The summed E-state index contributed by atoms with van der Waals surface area (Å²) in [5.74, 6) is 0.284. The van der Waals surface area contributed by atoms with E-state index in [1.807, 2.05) is 20.8 Å². The third-order valence-electron chi connectivity index (χ3n) is 2.72. The van der Waals surface area contributed by atoms with Gasteiger partial charge in [0.25, 0.3) is 5.04 Å². The highest BCUT2D eigenvalue weighted by Gasteiger charge is 2.57. The minimum absolute atomic E-state index is 0.152. The Labute approximate surface area is 108 Å². The van der Waals surface area contributed by atoms with Gasteiger partial charge in [0.15, 0.2) is 18.0 Å². The number of hydrogen-bond acceptors (Lipinski definition) is 4. The smallest absolute Gasteiger partial charge is 0.254 e. The molecule has 0 amide bonds. The summed E-state index contributed by atoms with van der Waals surface area (Å²) in [6.45, 7) is 5.81. The van der Waals surface area contributed by atoms with Crippen LogP contribution in [-0.2, 0) is 9.47 Å². The number of hydrogen-bond donors (Lipinski definition) is 0. The van der Waals surface area contributed by atoms with Crippen molar-refractivity contribution in [1.82, 2.24) is 0 Å². The van der Waals surface area contributed by atoms with Crippen molar-refractivity contribution in [1.29, 1.82) is 0 Å². The maximum Gasteiger partial charge on any atom is 0.254 e. The van der Waals surface area contributed by atoms with Gasteiger partial charge in [-0.25, -0.2) is 0 Å². The largest absolute Gasteiger partial charge is 0.623 e. The molecule has 0 aromatic carbocycles. The van der Waals surface area contributed by atoms with Crippen LogP contribution < -0.4 is 0 Å². The Hall–Kier alpha value is 0.220. The second kappa shape index (κ2) is 4.48. The third kappa shape index (κ3) is 2.00. The highest BCUT2D eigenvalue weighted by atomic mass is 79.9. The van der Waals surface area contributed by atoms with Gasteiger partial charge in [-0.3, -0.25) is 0 Å². The molecule has 0 aliphatic carbocycles. The normalized spacial score (nSPS) is 36.9. The predicted octanol–water partition coefficient (Wildman–Crippen LogP) is 1.95. The highest BCUT2D eigenvalue weighted by molar-refractivity contribution is 9.09. The fraction of sp³-hybridized carbons (Fsp3) is 0.900. The molecule has 2 aliphatic heterocycles. The van der Waals surface area contributed by atoms with Gasteiger partial charge >= 0.3 is 0 Å². The monoisotopic (exact) mass is 309 g/mol. The molecule has 0 spiro atoms. The first-order valence-corrected chi connectivity index (χ1v) is 7.48. The molecule has 1 fully saturated rings. The zero-order valence-electron chi connectivity index (χ0n) is 9.60. The van der Waals surface area contributed by atoms with Crippen LogP contribution in [-0.4, -0.2) is 44.9 Å². The molecule has 16 heavy (non-hydrogen) atoms. The number of halogens is 1. The van der Waals surface area contributed by atoms with E-state index in [0.29, 0.717) is 5.33 Å². The van der Waals surface area contributed by atoms with Gasteiger partial charge in [-0.15, -0.1) is 0 Å². The standard InChI is InChI=1S/C10H16BrNO3S/c1-4-16-9-8-7(6(5-11)12(9)13)14-10(2,3)15-8/h6-8H,4-5H2,1-3H3/t6?,7-,8-/m1/s1. The molecule has 1 unspecified atom stereocenters. The summed E-state index contributed by atoms with van der Waals surface area (Å²) in [5.41, 5.74) is 0. The summed E-state index contributed by atoms with van der Waals surface area (Å²) in [6.07, 6.45) is -0.346. The first-order chi connectivity index (χ1) is 7.50. The summed E-state index contributed by atoms with van der Waals surface area (Å²) in [7, 11) is 0. The molecule has 4 nitrogen and oxygen atoms in total. The van der Waals surface area contributed by atoms with Crippen LogP contribution >= 0.6 is 27.7 Å². The molecule has 0 radical (unpaired) electrons. The lowest BCUT2D eigenvalue weighted by atomic mass is 10.1. The lowest BCUT2D eigenvalue weighted by Crippen LogP contribution is -2.35. The number of hydroxylamine groups is 1. The van der Waals surface area contributed by atoms with Gasteiger partial charge in [-0.05, 0) is 13.8 Å². The van der Waals surface area contributed by atoms with Gasteiger partial charge in [0.1, 0.15) is 0 Å². The first-order valence-electron chi connectivity index (χ1n) is 5.37. The van der Waals surface area contributed by atoms with Crippen LogP contribution in [0, 0.1) is 5.21 Å². The third-order valence-corrected chi connectivity index (χ3v) is 4.38. The molecule has 2 heterocycles. The van der Waals surface area contributed by atoms with E-state index in [-0.39, 0.29) is 18.2 Å². The van der Waals surface area contributed by atoms with Crippen LogP contribution in [0.25, 0.3) is 0 Å². The molecule has 6 heteroatoms. The van der Waals surface area contributed by atoms with Gasteiger partial charge in [0, 0.05) is 5.75 Å². The average molecular weight is 310 g/mol. The molecule has 0 N–H and O–H groups in total. The zero-order valence-corrected chi connectivity index (χ0v) is 12.0. The van der Waals surface area contributed by atoms with Gasteiger partial charge in [-0.1, -0.05) is 34.6 Å². The molecule has 0 bridgehead atoms. The van der Waals surface area contributed by atoms with E-state index < -0.39 is 5.79 Å². The maximum absolute atomic E-state index is 12.0. The number of ether oxygens (including phenoxy) is 2. The van der Waals surface area contributed by atoms with Crippen molar-refractivity contribution in [3.63, 3.8) is 0 Å². The maximum atomic E-state index is 12.0. The summed E-state index contributed by atoms with van der Waals surface area (Å²) in [6, 6.07) is -0.180. The molecule has 1 saturated heterocycles. The van der Waals surface area contributed by atoms with Gasteiger partial charge in [0.05, 0.1) is 5.33 Å². The van der Waals surface area contributed by atoms with E-state index in [1.54, 1.807) is 11.8 Å². The SMILES string of the molecule is CCSC1=[N+]([O-])C(CBr)[C@H]2OC(C)(C)O[C@@H]12. The van der Waals surface area contributed by atoms with Crippen LogP contribution in [0.3, 0.4) is 0 Å². The second-order valence-corrected chi connectivity index (χ2v) is 6.27. The molecule has 0 aromatic heterocycles. The first kappa shape index (κ1) is 12.7. The van der Waals surface area contributed by atoms with E-state index in [0.717, 1.165) is 15.5 Å². The van der Waals surface area contributed by atoms with Gasteiger partial charge < -0.3 is 14.7 Å². The zero-order chi connectivity index (χ0) is 11.9. The van der Waals surface area contributed by atoms with Crippen LogP contribution in [0.2, 0.25) is 0 Å². The molecule has 0 saturated carbocycles. The van der Waals surface area contributed by atoms with Crippen molar-refractivity contribution in [2.24, 2.45) is 0 Å². The van der Waals surface area contributed by atoms with Crippen LogP contribution in [0.5, 0.6) is 0 Å². The van der Waals surface area contributed by atoms with Crippen molar-refractivity contribution in [3.8, 4) is 0 Å². The predicted molar refractivity (Wildman–Crippen MR) is 68.2 cm³/mol. The fourth-order valence-corrected chi connectivity index (χ4v) is 3.66. The minimum Gasteiger partial charge on any atom is -0.623 e. The number of fused-ring (bicyclic) bond motifs is 1. The summed E-state index contributed by atoms with van der Waals surface area (Å²) < 4.78 is 12.6. The Bertz CT molecular complexity index is 321. The highest BCUT2D eigenvalue weighted by Crippen LogP contribution is 2.38. The van der Waals surface area contributed by atoms with Crippen molar-refractivity contribution in [2.75, 3.05) is 11.1 Å². The van der Waals surface area contributed by atoms with Crippen molar-refractivity contribution in [2.45, 2.75) is 44.8 Å². The van der Waals surface area contributed by atoms with Crippen molar-refractivity contribution in [3.05, 3.63) is 5.21 Å². The van der Waals surface area contributed by atoms with E-state index in [9.17, 15) is 5.21 Å². The summed E-state index contributed by atoms with van der Waals surface area (Å²) in [4.78, 5) is 0. The molecular formula is C10H16BrNO3S. The van der Waals surface area contributed by atoms with Crippen molar-refractivity contribution >= 4 is 32.7 Å². The quantitative estimate of drug-likeness (QED) is 0.444. The fourth-order valence-electron chi connectivity index (χ4n) is 2.13. The number of nitrogens with zero attached hydrogens (tertiary/aromatic N) is 1. The molecule has 2 aliphatic rings. The number of thioether (sulfide) groups is 1. The van der Waals surface area contributed by atoms with E-state index in [4.69, 9.17) is 9.47 Å². The summed E-state index contributed by atoms with van der Waals surface area (Å²) >= 11 is 4.92. The Kier molecular flexibility index (Phi) is 3.55. The van der Waals surface area contributed by atoms with Crippen LogP contribution in [0.15, 0.2) is 0 Å². The Balaban J connectivity index is 2.26. The van der Waals surface area contributed by atoms with Crippen LogP contribution in [0.1, 0.15) is 20.8 Å². The van der Waals surface area contributed by atoms with E-state index >= 15 is 0 Å². The Morgan fingerprint density at radius 2 is 2.19 bits per heavy atom. The van der Waals surface area contributed by atoms with E-state index in [2.05, 4.69) is 15.9 Å². The number of alkyl halides is 1. The molecule has 92 valence electrons. The van der Waals surface area contributed by atoms with Crippen LogP contribution in [0.4, 0.5) is 0 Å². The lowest BCUT2D eigenvalue weighted by molar-refractivity contribution is -0.496. The van der Waals surface area contributed by atoms with Gasteiger partial charge in [-0.2, -0.15) is 4.74 Å². The second-order valence-electron chi connectivity index (χ2n) is 4.34. The topological polar surface area (TPSA) is 44.5 Å².